The van der Waals surface area contributed by atoms with Crippen LogP contribution in [0.1, 0.15) is 43.6 Å². The summed E-state index contributed by atoms with van der Waals surface area (Å²) in [5.41, 5.74) is 10.9. The molecule has 0 N–H and O–H groups in total. The molecule has 0 atom stereocenters. The van der Waals surface area contributed by atoms with Gasteiger partial charge in [-0.1, -0.05) is 165 Å². The molecular weight excluding hydrogens is 641 g/mol. The molecule has 0 amide bonds. The topological polar surface area (TPSA) is 13.1 Å². The van der Waals surface area contributed by atoms with Crippen LogP contribution in [-0.4, -0.2) is 0 Å². The van der Waals surface area contributed by atoms with E-state index in [9.17, 15) is 0 Å². The van der Waals surface area contributed by atoms with E-state index in [1.165, 1.54) is 108 Å². The minimum absolute atomic E-state index is 0.602. The Morgan fingerprint density at radius 2 is 0.868 bits per heavy atom. The number of hydrogen-bond acceptors (Lipinski definition) is 1. The van der Waals surface area contributed by atoms with E-state index in [1.54, 1.807) is 5.56 Å². The molecule has 0 bridgehead atoms. The Balaban J connectivity index is 1.16. The summed E-state index contributed by atoms with van der Waals surface area (Å²) in [7, 11) is 0. The first-order valence-corrected chi connectivity index (χ1v) is 19.2. The molecule has 0 radical (unpaired) electrons. The number of fused-ring (bicyclic) bond motifs is 7. The molecule has 1 fully saturated rings. The van der Waals surface area contributed by atoms with Crippen LogP contribution in [0, 0.1) is 0 Å². The van der Waals surface area contributed by atoms with Gasteiger partial charge in [0.25, 0.3) is 0 Å². The Bertz CT molecular complexity index is 2920. The summed E-state index contributed by atoms with van der Waals surface area (Å²) < 4.78 is 6.84. The summed E-state index contributed by atoms with van der Waals surface area (Å²) in [5, 5.41) is 12.8. The Morgan fingerprint density at radius 1 is 0.358 bits per heavy atom. The molecule has 10 aromatic rings. The van der Waals surface area contributed by atoms with Gasteiger partial charge in [0, 0.05) is 10.8 Å². The Morgan fingerprint density at radius 3 is 1.45 bits per heavy atom. The molecule has 9 aromatic carbocycles. The fraction of sp³-hybridized carbons (Fsp3) is 0.115. The second kappa shape index (κ2) is 12.2. The molecule has 0 spiro atoms. The van der Waals surface area contributed by atoms with Crippen LogP contribution >= 0.6 is 0 Å². The van der Waals surface area contributed by atoms with E-state index in [1.807, 2.05) is 0 Å². The SMILES string of the molecule is c1ccc(-c2c3ccccc3c(-c3ccc4c(c3)oc3cccc(-c5c6ccccc6c(C6CCCCC6)c6ccccc56)c34)c3ccccc23)cc1. The molecule has 1 saturated carbocycles. The lowest BCUT2D eigenvalue weighted by Crippen LogP contribution is -2.06. The van der Waals surface area contributed by atoms with Crippen LogP contribution in [0.4, 0.5) is 0 Å². The highest BCUT2D eigenvalue weighted by Gasteiger charge is 2.25. The highest BCUT2D eigenvalue weighted by Crippen LogP contribution is 2.49. The zero-order valence-electron chi connectivity index (χ0n) is 29.6. The van der Waals surface area contributed by atoms with Crippen LogP contribution in [0.2, 0.25) is 0 Å². The Hall–Kier alpha value is -6.18. The predicted octanol–water partition coefficient (Wildman–Crippen LogP) is 15.2. The lowest BCUT2D eigenvalue weighted by atomic mass is 9.77. The van der Waals surface area contributed by atoms with Crippen LogP contribution < -0.4 is 0 Å². The number of furan rings is 1. The summed E-state index contributed by atoms with van der Waals surface area (Å²) in [4.78, 5) is 0. The van der Waals surface area contributed by atoms with Crippen molar-refractivity contribution in [2.75, 3.05) is 0 Å². The maximum Gasteiger partial charge on any atom is 0.136 e. The molecule has 1 aliphatic rings. The average Bonchev–Trinajstić information content (AvgIpc) is 3.61. The summed E-state index contributed by atoms with van der Waals surface area (Å²) in [6, 6.07) is 60.3. The monoisotopic (exact) mass is 678 g/mol. The second-order valence-corrected chi connectivity index (χ2v) is 14.9. The Labute approximate surface area is 309 Å². The van der Waals surface area contributed by atoms with Gasteiger partial charge in [-0.2, -0.15) is 0 Å². The Kier molecular flexibility index (Phi) is 7.01. The van der Waals surface area contributed by atoms with E-state index in [4.69, 9.17) is 4.42 Å². The van der Waals surface area contributed by atoms with Gasteiger partial charge in [0.2, 0.25) is 0 Å². The lowest BCUT2D eigenvalue weighted by molar-refractivity contribution is 0.447. The molecule has 252 valence electrons. The number of hydrogen-bond donors (Lipinski definition) is 0. The van der Waals surface area contributed by atoms with E-state index in [2.05, 4.69) is 164 Å². The molecule has 1 aliphatic carbocycles. The molecule has 0 unspecified atom stereocenters. The molecule has 1 heterocycles. The first-order chi connectivity index (χ1) is 26.3. The van der Waals surface area contributed by atoms with Crippen molar-refractivity contribution in [3.05, 3.63) is 169 Å². The quantitative estimate of drug-likeness (QED) is 0.169. The normalized spacial score (nSPS) is 14.0. The van der Waals surface area contributed by atoms with Crippen molar-refractivity contribution in [2.24, 2.45) is 0 Å². The molecule has 11 rings (SSSR count). The highest BCUT2D eigenvalue weighted by molar-refractivity contribution is 6.24. The minimum Gasteiger partial charge on any atom is -0.456 e. The van der Waals surface area contributed by atoms with Gasteiger partial charge >= 0.3 is 0 Å². The fourth-order valence-electron chi connectivity index (χ4n) is 9.83. The van der Waals surface area contributed by atoms with Gasteiger partial charge in [-0.3, -0.25) is 0 Å². The van der Waals surface area contributed by atoms with Gasteiger partial charge in [-0.15, -0.1) is 0 Å². The first-order valence-electron chi connectivity index (χ1n) is 19.2. The second-order valence-electron chi connectivity index (χ2n) is 14.9. The average molecular weight is 679 g/mol. The summed E-state index contributed by atoms with van der Waals surface area (Å²) in [5.74, 6) is 0.602. The van der Waals surface area contributed by atoms with Crippen molar-refractivity contribution < 1.29 is 4.42 Å². The molecule has 1 nitrogen and oxygen atoms in total. The zero-order valence-corrected chi connectivity index (χ0v) is 29.6. The molecule has 1 aromatic heterocycles. The molecule has 53 heavy (non-hydrogen) atoms. The van der Waals surface area contributed by atoms with E-state index >= 15 is 0 Å². The largest absolute Gasteiger partial charge is 0.456 e. The summed E-state index contributed by atoms with van der Waals surface area (Å²) in [6.07, 6.45) is 6.54. The van der Waals surface area contributed by atoms with Gasteiger partial charge in [0.1, 0.15) is 11.2 Å². The third-order valence-corrected chi connectivity index (χ3v) is 12.0. The van der Waals surface area contributed by atoms with Crippen LogP contribution in [0.3, 0.4) is 0 Å². The number of benzene rings is 9. The summed E-state index contributed by atoms with van der Waals surface area (Å²) in [6.45, 7) is 0. The zero-order chi connectivity index (χ0) is 34.9. The van der Waals surface area contributed by atoms with Crippen molar-refractivity contribution in [2.45, 2.75) is 38.0 Å². The van der Waals surface area contributed by atoms with Crippen molar-refractivity contribution in [3.8, 4) is 33.4 Å². The predicted molar refractivity (Wildman–Crippen MR) is 226 cm³/mol. The highest BCUT2D eigenvalue weighted by atomic mass is 16.3. The third-order valence-electron chi connectivity index (χ3n) is 12.0. The lowest BCUT2D eigenvalue weighted by Gasteiger charge is -2.26. The third kappa shape index (κ3) is 4.70. The van der Waals surface area contributed by atoms with Crippen LogP contribution in [-0.2, 0) is 0 Å². The van der Waals surface area contributed by atoms with Crippen molar-refractivity contribution in [1.82, 2.24) is 0 Å². The van der Waals surface area contributed by atoms with E-state index < -0.39 is 0 Å². The summed E-state index contributed by atoms with van der Waals surface area (Å²) >= 11 is 0. The van der Waals surface area contributed by atoms with Gasteiger partial charge in [-0.25, -0.2) is 0 Å². The van der Waals surface area contributed by atoms with Gasteiger partial charge in [0.05, 0.1) is 0 Å². The van der Waals surface area contributed by atoms with Gasteiger partial charge in [0.15, 0.2) is 0 Å². The molecule has 0 saturated heterocycles. The van der Waals surface area contributed by atoms with Crippen molar-refractivity contribution in [3.63, 3.8) is 0 Å². The maximum absolute atomic E-state index is 6.84. The van der Waals surface area contributed by atoms with Crippen LogP contribution in [0.15, 0.2) is 168 Å². The van der Waals surface area contributed by atoms with E-state index in [0.29, 0.717) is 5.92 Å². The minimum atomic E-state index is 0.602. The van der Waals surface area contributed by atoms with Crippen LogP contribution in [0.5, 0.6) is 0 Å². The molecule has 1 heteroatoms. The standard InChI is InChI=1S/C52H38O/c1-3-16-33(17-4-1)48-36-20-7-9-22-38(36)50(39-23-10-8-21-37(39)48)35-30-31-44-47(32-35)53-46-29-15-28-45(52(44)46)51-42-26-13-11-24-40(42)49(34-18-5-2-6-19-34)41-25-12-14-27-43(41)51/h1,3-4,7-17,20-32,34H,2,5-6,18-19H2. The smallest absolute Gasteiger partial charge is 0.136 e. The van der Waals surface area contributed by atoms with Crippen molar-refractivity contribution >= 4 is 65.0 Å². The van der Waals surface area contributed by atoms with E-state index in [-0.39, 0.29) is 0 Å². The number of rotatable bonds is 4. The molecular formula is C52H38O. The van der Waals surface area contributed by atoms with E-state index in [0.717, 1.165) is 22.1 Å². The maximum atomic E-state index is 6.84. The van der Waals surface area contributed by atoms with Crippen molar-refractivity contribution in [1.29, 1.82) is 0 Å². The van der Waals surface area contributed by atoms with Crippen LogP contribution in [0.25, 0.3) is 98.4 Å². The first kappa shape index (κ1) is 30.4. The molecule has 0 aliphatic heterocycles. The van der Waals surface area contributed by atoms with Gasteiger partial charge in [-0.05, 0) is 119 Å². The fourth-order valence-corrected chi connectivity index (χ4v) is 9.83. The van der Waals surface area contributed by atoms with Gasteiger partial charge < -0.3 is 4.42 Å².